The van der Waals surface area contributed by atoms with E-state index < -0.39 is 0 Å². The first kappa shape index (κ1) is 23.7. The maximum atomic E-state index is 13.6. The Morgan fingerprint density at radius 2 is 1.83 bits per heavy atom. The van der Waals surface area contributed by atoms with Gasteiger partial charge in [0.25, 0.3) is 0 Å². The van der Waals surface area contributed by atoms with E-state index >= 15 is 0 Å². The number of aryl methyl sites for hydroxylation is 1. The number of hydrogen-bond acceptors (Lipinski definition) is 4. The van der Waals surface area contributed by atoms with Gasteiger partial charge in [-0.05, 0) is 77.7 Å². The summed E-state index contributed by atoms with van der Waals surface area (Å²) in [4.78, 5) is 14.1. The second-order valence-electron chi connectivity index (χ2n) is 8.10. The average molecular weight is 598 g/mol. The fourth-order valence-corrected chi connectivity index (χ4v) is 4.91. The van der Waals surface area contributed by atoms with Gasteiger partial charge in [-0.25, -0.2) is 19.3 Å². The number of fused-ring (bicyclic) bond motifs is 1. The fraction of sp³-hybridized carbons (Fsp3) is 0.148. The molecule has 0 aliphatic heterocycles. The monoisotopic (exact) mass is 597 g/mol. The van der Waals surface area contributed by atoms with Crippen LogP contribution in [0.3, 0.4) is 0 Å². The van der Waals surface area contributed by atoms with Crippen molar-refractivity contribution in [3.63, 3.8) is 0 Å². The Bertz CT molecular complexity index is 1500. The zero-order valence-electron chi connectivity index (χ0n) is 19.0. The molecule has 3 heterocycles. The number of halogens is 3. The van der Waals surface area contributed by atoms with E-state index in [0.29, 0.717) is 12.5 Å². The summed E-state index contributed by atoms with van der Waals surface area (Å²) >= 11 is 8.49. The highest BCUT2D eigenvalue weighted by molar-refractivity contribution is 14.1. The van der Waals surface area contributed by atoms with Crippen molar-refractivity contribution in [1.29, 1.82) is 0 Å². The van der Waals surface area contributed by atoms with Crippen LogP contribution >= 0.6 is 34.2 Å². The molecule has 0 saturated carbocycles. The van der Waals surface area contributed by atoms with Crippen LogP contribution in [-0.4, -0.2) is 19.4 Å². The molecule has 176 valence electrons. The number of pyridine rings is 1. The van der Waals surface area contributed by atoms with Crippen LogP contribution in [0.5, 0.6) is 0 Å². The van der Waals surface area contributed by atoms with E-state index in [9.17, 15) is 4.39 Å². The summed E-state index contributed by atoms with van der Waals surface area (Å²) in [6.45, 7) is 2.69. The lowest BCUT2D eigenvalue weighted by Gasteiger charge is -2.11. The van der Waals surface area contributed by atoms with E-state index in [1.807, 2.05) is 34.9 Å². The van der Waals surface area contributed by atoms with E-state index in [4.69, 9.17) is 21.6 Å². The highest BCUT2D eigenvalue weighted by Gasteiger charge is 2.18. The maximum Gasteiger partial charge on any atom is 0.223 e. The van der Waals surface area contributed by atoms with E-state index in [1.54, 1.807) is 18.3 Å². The van der Waals surface area contributed by atoms with Gasteiger partial charge in [-0.1, -0.05) is 47.2 Å². The van der Waals surface area contributed by atoms with Crippen LogP contribution in [0.2, 0.25) is 5.02 Å². The Morgan fingerprint density at radius 3 is 2.60 bits per heavy atom. The largest absolute Gasteiger partial charge is 0.350 e. The van der Waals surface area contributed by atoms with E-state index in [2.05, 4.69) is 51.9 Å². The van der Waals surface area contributed by atoms with Gasteiger partial charge in [0.05, 0.1) is 17.1 Å². The van der Waals surface area contributed by atoms with Crippen LogP contribution in [0.25, 0.3) is 28.3 Å². The molecule has 0 fully saturated rings. The summed E-state index contributed by atoms with van der Waals surface area (Å²) in [5.41, 5.74) is 7.46. The third-order valence-electron chi connectivity index (χ3n) is 5.86. The molecule has 1 N–H and O–H groups in total. The predicted molar refractivity (Wildman–Crippen MR) is 147 cm³/mol. The Kier molecular flexibility index (Phi) is 6.97. The lowest BCUT2D eigenvalue weighted by atomic mass is 10.1. The lowest BCUT2D eigenvalue weighted by Crippen LogP contribution is -2.06. The third kappa shape index (κ3) is 5.01. The van der Waals surface area contributed by atoms with Crippen molar-refractivity contribution in [3.05, 3.63) is 101 Å². The lowest BCUT2D eigenvalue weighted by molar-refractivity contribution is 0.628. The zero-order chi connectivity index (χ0) is 24.4. The Labute approximate surface area is 221 Å². The second kappa shape index (κ2) is 10.3. The first-order chi connectivity index (χ1) is 17.1. The SMILES string of the molecule is CCc1ccn2c(-c3ccnc(NCc4ccc(Cl)cc4CI)n3)c(-c3ccc(F)cc3)nc2c1. The number of alkyl halides is 1. The Balaban J connectivity index is 1.55. The first-order valence-corrected chi connectivity index (χ1v) is 13.1. The van der Waals surface area contributed by atoms with Crippen molar-refractivity contribution in [2.75, 3.05) is 5.32 Å². The predicted octanol–water partition coefficient (Wildman–Crippen LogP) is 7.36. The molecule has 0 saturated heterocycles. The number of imidazole rings is 1. The fourth-order valence-electron chi connectivity index (χ4n) is 4.00. The van der Waals surface area contributed by atoms with E-state index in [1.165, 1.54) is 23.3 Å². The molecule has 0 bridgehead atoms. The standard InChI is InChI=1S/C27H22ClFIN5/c1-2-17-10-12-35-24(13-17)34-25(18-4-7-22(29)8-5-18)26(35)23-9-11-31-27(33-23)32-16-19-3-6-21(28)14-20(19)15-30/h3-14H,2,15-16H2,1H3,(H,31,32,33). The minimum absolute atomic E-state index is 0.283. The molecule has 0 amide bonds. The zero-order valence-corrected chi connectivity index (χ0v) is 21.9. The molecule has 8 heteroatoms. The van der Waals surface area contributed by atoms with Gasteiger partial charge >= 0.3 is 0 Å². The smallest absolute Gasteiger partial charge is 0.223 e. The van der Waals surface area contributed by atoms with Crippen LogP contribution in [0.15, 0.2) is 73.1 Å². The van der Waals surface area contributed by atoms with Gasteiger partial charge in [0, 0.05) is 34.0 Å². The van der Waals surface area contributed by atoms with Crippen molar-refractivity contribution in [2.45, 2.75) is 24.3 Å². The molecule has 5 nitrogen and oxygen atoms in total. The van der Waals surface area contributed by atoms with Crippen LogP contribution < -0.4 is 5.32 Å². The van der Waals surface area contributed by atoms with Crippen LogP contribution in [0, 0.1) is 5.82 Å². The molecule has 35 heavy (non-hydrogen) atoms. The van der Waals surface area contributed by atoms with Crippen LogP contribution in [0.4, 0.5) is 10.3 Å². The molecule has 0 atom stereocenters. The molecule has 0 unspecified atom stereocenters. The highest BCUT2D eigenvalue weighted by atomic mass is 127. The molecule has 3 aromatic heterocycles. The van der Waals surface area contributed by atoms with Crippen LogP contribution in [-0.2, 0) is 17.4 Å². The molecule has 0 aliphatic carbocycles. The minimum Gasteiger partial charge on any atom is -0.350 e. The number of hydrogen-bond donors (Lipinski definition) is 1. The molecule has 5 aromatic rings. The number of rotatable bonds is 7. The molecule has 0 spiro atoms. The average Bonchev–Trinajstić information content (AvgIpc) is 3.27. The maximum absolute atomic E-state index is 13.6. The molecule has 0 aliphatic rings. The normalized spacial score (nSPS) is 11.2. The van der Waals surface area contributed by atoms with Gasteiger partial charge in [-0.2, -0.15) is 0 Å². The van der Waals surface area contributed by atoms with Crippen LogP contribution in [0.1, 0.15) is 23.6 Å². The first-order valence-electron chi connectivity index (χ1n) is 11.2. The van der Waals surface area contributed by atoms with Gasteiger partial charge in [0.15, 0.2) is 0 Å². The van der Waals surface area contributed by atoms with Crippen molar-refractivity contribution in [2.24, 2.45) is 0 Å². The number of nitrogens with one attached hydrogen (secondary N) is 1. The van der Waals surface area contributed by atoms with Gasteiger partial charge in [0.2, 0.25) is 5.95 Å². The highest BCUT2D eigenvalue weighted by Crippen LogP contribution is 2.32. The minimum atomic E-state index is -0.283. The number of aromatic nitrogens is 4. The molecule has 2 aromatic carbocycles. The van der Waals surface area contributed by atoms with E-state index in [0.717, 1.165) is 49.7 Å². The summed E-state index contributed by atoms with van der Waals surface area (Å²) in [5.74, 6) is 0.232. The van der Waals surface area contributed by atoms with Gasteiger partial charge in [0.1, 0.15) is 11.5 Å². The number of nitrogens with zero attached hydrogens (tertiary/aromatic N) is 4. The van der Waals surface area contributed by atoms with Gasteiger partial charge in [-0.15, -0.1) is 0 Å². The number of anilines is 1. The molecular weight excluding hydrogens is 576 g/mol. The second-order valence-corrected chi connectivity index (χ2v) is 9.30. The summed E-state index contributed by atoms with van der Waals surface area (Å²) in [6.07, 6.45) is 4.66. The summed E-state index contributed by atoms with van der Waals surface area (Å²) in [6, 6.07) is 18.3. The van der Waals surface area contributed by atoms with E-state index in [-0.39, 0.29) is 5.82 Å². The Morgan fingerprint density at radius 1 is 1.00 bits per heavy atom. The molecular formula is C27H22ClFIN5. The summed E-state index contributed by atoms with van der Waals surface area (Å²) < 4.78 is 16.5. The third-order valence-corrected chi connectivity index (χ3v) is 6.92. The quantitative estimate of drug-likeness (QED) is 0.157. The molecule has 5 rings (SSSR count). The van der Waals surface area contributed by atoms with Crippen molar-refractivity contribution >= 4 is 45.8 Å². The molecule has 0 radical (unpaired) electrons. The summed E-state index contributed by atoms with van der Waals surface area (Å²) in [7, 11) is 0. The summed E-state index contributed by atoms with van der Waals surface area (Å²) in [5, 5.41) is 4.07. The topological polar surface area (TPSA) is 55.1 Å². The van der Waals surface area contributed by atoms with Gasteiger partial charge in [-0.3, -0.25) is 4.40 Å². The van der Waals surface area contributed by atoms with Crippen molar-refractivity contribution in [1.82, 2.24) is 19.4 Å². The van der Waals surface area contributed by atoms with Crippen molar-refractivity contribution in [3.8, 4) is 22.6 Å². The Hall–Kier alpha value is -3.04. The van der Waals surface area contributed by atoms with Crippen molar-refractivity contribution < 1.29 is 4.39 Å². The van der Waals surface area contributed by atoms with Gasteiger partial charge < -0.3 is 5.32 Å². The number of benzene rings is 2.